The molecule has 3 N–H and O–H groups in total. The normalized spacial score (nSPS) is 18.4. The minimum absolute atomic E-state index is 0.00930. The van der Waals surface area contributed by atoms with Gasteiger partial charge in [0.05, 0.1) is 0 Å². The Bertz CT molecular complexity index is 312. The van der Waals surface area contributed by atoms with E-state index >= 15 is 0 Å². The van der Waals surface area contributed by atoms with Crippen LogP contribution in [0.15, 0.2) is 12.7 Å². The molecule has 0 aromatic carbocycles. The van der Waals surface area contributed by atoms with Crippen molar-refractivity contribution in [3.05, 3.63) is 12.7 Å². The van der Waals surface area contributed by atoms with Gasteiger partial charge in [-0.2, -0.15) is 0 Å². The summed E-state index contributed by atoms with van der Waals surface area (Å²) in [5, 5.41) is 8.63. The molecule has 6 nitrogen and oxygen atoms in total. The number of nitrogens with zero attached hydrogens (tertiary/aromatic N) is 2. The van der Waals surface area contributed by atoms with Gasteiger partial charge in [0.15, 0.2) is 0 Å². The third-order valence-corrected chi connectivity index (χ3v) is 3.10. The number of carboxylic acids is 1. The Labute approximate surface area is 107 Å². The molecular formula is C12H21N3O3. The van der Waals surface area contributed by atoms with Crippen molar-refractivity contribution in [1.82, 2.24) is 9.80 Å². The van der Waals surface area contributed by atoms with E-state index in [1.807, 2.05) is 6.08 Å². The van der Waals surface area contributed by atoms with Crippen LogP contribution >= 0.6 is 0 Å². The van der Waals surface area contributed by atoms with E-state index in [-0.39, 0.29) is 18.7 Å². The summed E-state index contributed by atoms with van der Waals surface area (Å²) in [6, 6.07) is -0.948. The molecule has 0 saturated carbocycles. The molecule has 1 saturated heterocycles. The molecule has 0 unspecified atom stereocenters. The Hall–Kier alpha value is -1.40. The smallest absolute Gasteiger partial charge is 0.320 e. The van der Waals surface area contributed by atoms with Crippen LogP contribution in [0.2, 0.25) is 0 Å². The van der Waals surface area contributed by atoms with Crippen LogP contribution in [0.5, 0.6) is 0 Å². The van der Waals surface area contributed by atoms with Crippen molar-refractivity contribution >= 4 is 11.9 Å². The molecule has 1 rings (SSSR count). The van der Waals surface area contributed by atoms with E-state index in [9.17, 15) is 9.59 Å². The molecular weight excluding hydrogens is 234 g/mol. The maximum absolute atomic E-state index is 11.8. The van der Waals surface area contributed by atoms with Gasteiger partial charge in [0.1, 0.15) is 6.04 Å². The molecule has 1 amide bonds. The summed E-state index contributed by atoms with van der Waals surface area (Å²) in [6.07, 6.45) is 2.25. The molecule has 0 radical (unpaired) electrons. The molecule has 18 heavy (non-hydrogen) atoms. The number of amides is 1. The largest absolute Gasteiger partial charge is 0.480 e. The number of rotatable bonds is 6. The van der Waals surface area contributed by atoms with E-state index in [4.69, 9.17) is 10.8 Å². The summed E-state index contributed by atoms with van der Waals surface area (Å²) >= 11 is 0. The Morgan fingerprint density at radius 1 is 1.33 bits per heavy atom. The second kappa shape index (κ2) is 7.13. The third-order valence-electron chi connectivity index (χ3n) is 3.10. The van der Waals surface area contributed by atoms with Crippen LogP contribution in [0, 0.1) is 0 Å². The SMILES string of the molecule is C=CCN1CCN(C(=O)CC[C@H](N)C(=O)O)CC1. The van der Waals surface area contributed by atoms with Gasteiger partial charge < -0.3 is 15.7 Å². The molecule has 1 aliphatic rings. The monoisotopic (exact) mass is 255 g/mol. The number of carbonyl (C=O) groups is 2. The zero-order valence-corrected chi connectivity index (χ0v) is 10.5. The first-order valence-corrected chi connectivity index (χ1v) is 6.14. The van der Waals surface area contributed by atoms with Crippen molar-refractivity contribution in [3.8, 4) is 0 Å². The molecule has 1 atom stereocenters. The summed E-state index contributed by atoms with van der Waals surface area (Å²) in [5.74, 6) is -1.07. The lowest BCUT2D eigenvalue weighted by Crippen LogP contribution is -2.48. The first-order chi connectivity index (χ1) is 8.54. The quantitative estimate of drug-likeness (QED) is 0.625. The number of hydrogen-bond acceptors (Lipinski definition) is 4. The summed E-state index contributed by atoms with van der Waals surface area (Å²) in [6.45, 7) is 7.57. The maximum atomic E-state index is 11.8. The zero-order valence-electron chi connectivity index (χ0n) is 10.5. The van der Waals surface area contributed by atoms with Crippen LogP contribution in [0.4, 0.5) is 0 Å². The van der Waals surface area contributed by atoms with E-state index in [0.29, 0.717) is 13.1 Å². The van der Waals surface area contributed by atoms with Crippen molar-refractivity contribution in [1.29, 1.82) is 0 Å². The number of hydrogen-bond donors (Lipinski definition) is 2. The van der Waals surface area contributed by atoms with E-state index in [2.05, 4.69) is 11.5 Å². The Morgan fingerprint density at radius 2 is 1.94 bits per heavy atom. The van der Waals surface area contributed by atoms with Gasteiger partial charge >= 0.3 is 5.97 Å². The van der Waals surface area contributed by atoms with E-state index in [1.165, 1.54) is 0 Å². The third kappa shape index (κ3) is 4.46. The van der Waals surface area contributed by atoms with Crippen molar-refractivity contribution in [2.75, 3.05) is 32.7 Å². The highest BCUT2D eigenvalue weighted by molar-refractivity contribution is 5.78. The molecule has 0 aromatic heterocycles. The zero-order chi connectivity index (χ0) is 13.5. The molecule has 0 aliphatic carbocycles. The van der Waals surface area contributed by atoms with Gasteiger partial charge in [0.25, 0.3) is 0 Å². The van der Waals surface area contributed by atoms with Crippen LogP contribution in [-0.4, -0.2) is 65.5 Å². The summed E-state index contributed by atoms with van der Waals surface area (Å²) in [4.78, 5) is 26.4. The van der Waals surface area contributed by atoms with E-state index < -0.39 is 12.0 Å². The van der Waals surface area contributed by atoms with Gasteiger partial charge in [-0.3, -0.25) is 14.5 Å². The maximum Gasteiger partial charge on any atom is 0.320 e. The standard InChI is InChI=1S/C12H21N3O3/c1-2-5-14-6-8-15(9-7-14)11(16)4-3-10(13)12(17)18/h2,10H,1,3-9,13H2,(H,17,18)/t10-/m0/s1. The number of piperazine rings is 1. The first kappa shape index (κ1) is 14.7. The van der Waals surface area contributed by atoms with E-state index in [1.54, 1.807) is 4.90 Å². The Balaban J connectivity index is 2.27. The Kier molecular flexibility index (Phi) is 5.80. The topological polar surface area (TPSA) is 86.9 Å². The lowest BCUT2D eigenvalue weighted by atomic mass is 10.1. The number of aliphatic carboxylic acids is 1. The minimum atomic E-state index is -1.06. The second-order valence-electron chi connectivity index (χ2n) is 4.45. The first-order valence-electron chi connectivity index (χ1n) is 6.14. The average Bonchev–Trinajstić information content (AvgIpc) is 2.36. The van der Waals surface area contributed by atoms with Gasteiger partial charge in [-0.15, -0.1) is 6.58 Å². The fourth-order valence-electron chi connectivity index (χ4n) is 1.92. The van der Waals surface area contributed by atoms with Gasteiger partial charge in [0, 0.05) is 39.1 Å². The van der Waals surface area contributed by atoms with Gasteiger partial charge in [-0.25, -0.2) is 0 Å². The number of carboxylic acid groups (broad SMARTS) is 1. The second-order valence-corrected chi connectivity index (χ2v) is 4.45. The number of nitrogens with two attached hydrogens (primary N) is 1. The molecule has 1 fully saturated rings. The summed E-state index contributed by atoms with van der Waals surface area (Å²) < 4.78 is 0. The average molecular weight is 255 g/mol. The van der Waals surface area contributed by atoms with Crippen molar-refractivity contribution in [3.63, 3.8) is 0 Å². The number of carbonyl (C=O) groups excluding carboxylic acids is 1. The highest BCUT2D eigenvalue weighted by atomic mass is 16.4. The molecule has 0 spiro atoms. The predicted molar refractivity (Wildman–Crippen MR) is 68.1 cm³/mol. The van der Waals surface area contributed by atoms with Crippen molar-refractivity contribution < 1.29 is 14.7 Å². The van der Waals surface area contributed by atoms with Crippen LogP contribution in [0.25, 0.3) is 0 Å². The molecule has 6 heteroatoms. The summed E-state index contributed by atoms with van der Waals surface area (Å²) in [5.41, 5.74) is 5.37. The highest BCUT2D eigenvalue weighted by Crippen LogP contribution is 2.06. The lowest BCUT2D eigenvalue weighted by Gasteiger charge is -2.34. The molecule has 1 heterocycles. The van der Waals surface area contributed by atoms with Crippen LogP contribution in [-0.2, 0) is 9.59 Å². The van der Waals surface area contributed by atoms with Crippen LogP contribution in [0.1, 0.15) is 12.8 Å². The predicted octanol–water partition coefficient (Wildman–Crippen LogP) is -0.491. The van der Waals surface area contributed by atoms with Gasteiger partial charge in [-0.05, 0) is 6.42 Å². The molecule has 0 bridgehead atoms. The molecule has 102 valence electrons. The fraction of sp³-hybridized carbons (Fsp3) is 0.667. The summed E-state index contributed by atoms with van der Waals surface area (Å²) in [7, 11) is 0. The fourth-order valence-corrected chi connectivity index (χ4v) is 1.92. The van der Waals surface area contributed by atoms with E-state index in [0.717, 1.165) is 19.6 Å². The minimum Gasteiger partial charge on any atom is -0.480 e. The van der Waals surface area contributed by atoms with Crippen LogP contribution < -0.4 is 5.73 Å². The van der Waals surface area contributed by atoms with Crippen molar-refractivity contribution in [2.45, 2.75) is 18.9 Å². The van der Waals surface area contributed by atoms with Gasteiger partial charge in [-0.1, -0.05) is 6.08 Å². The van der Waals surface area contributed by atoms with Gasteiger partial charge in [0.2, 0.25) is 5.91 Å². The lowest BCUT2D eigenvalue weighted by molar-refractivity contribution is -0.139. The van der Waals surface area contributed by atoms with Crippen LogP contribution in [0.3, 0.4) is 0 Å². The van der Waals surface area contributed by atoms with Crippen molar-refractivity contribution in [2.24, 2.45) is 5.73 Å². The molecule has 0 aromatic rings. The highest BCUT2D eigenvalue weighted by Gasteiger charge is 2.21. The Morgan fingerprint density at radius 3 is 2.44 bits per heavy atom. The molecule has 1 aliphatic heterocycles.